The second-order valence-electron chi connectivity index (χ2n) is 7.47. The minimum absolute atomic E-state index is 0.0147. The molecule has 0 radical (unpaired) electrons. The normalized spacial score (nSPS) is 15.4. The number of hydrogen-bond donors (Lipinski definition) is 0. The molecule has 4 aromatic rings. The number of hydrogen-bond acceptors (Lipinski definition) is 4. The molecule has 1 aliphatic rings. The van der Waals surface area contributed by atoms with E-state index in [1.165, 1.54) is 11.0 Å². The fourth-order valence-corrected chi connectivity index (χ4v) is 4.75. The van der Waals surface area contributed by atoms with Gasteiger partial charge in [0.15, 0.2) is 6.10 Å². The number of carbonyl (C=O) groups excluding carboxylic acids is 1. The largest absolute Gasteiger partial charge is 0.479 e. The number of carbonyl (C=O) groups is 1. The van der Waals surface area contributed by atoms with Gasteiger partial charge < -0.3 is 9.64 Å². The Morgan fingerprint density at radius 2 is 1.91 bits per heavy atom. The number of anilines is 1. The van der Waals surface area contributed by atoms with E-state index < -0.39 is 11.9 Å². The summed E-state index contributed by atoms with van der Waals surface area (Å²) in [6.45, 7) is 1.70. The second-order valence-corrected chi connectivity index (χ2v) is 8.74. The summed E-state index contributed by atoms with van der Waals surface area (Å²) in [4.78, 5) is 19.3. The number of aromatic nitrogens is 1. The molecule has 0 saturated heterocycles. The standard InChI is InChI=1S/C25H18ClFN2O2S/c1-15-25(30)29(13-18-19(26)8-5-9-20(18)27)22-12-17(10-11-23(22)31-15)21-14-32-24(28-21)16-6-3-2-4-7-16/h2-12,14-15H,13H2,1H3. The fourth-order valence-electron chi connectivity index (χ4n) is 3.69. The first kappa shape index (κ1) is 20.7. The van der Waals surface area contributed by atoms with Crippen LogP contribution in [0.2, 0.25) is 5.02 Å². The maximum atomic E-state index is 14.5. The molecule has 2 heterocycles. The van der Waals surface area contributed by atoms with Crippen molar-refractivity contribution in [3.63, 3.8) is 0 Å². The predicted molar refractivity (Wildman–Crippen MR) is 126 cm³/mol. The van der Waals surface area contributed by atoms with Crippen LogP contribution >= 0.6 is 22.9 Å². The fraction of sp³-hybridized carbons (Fsp3) is 0.120. The van der Waals surface area contributed by atoms with E-state index in [1.807, 2.05) is 53.9 Å². The van der Waals surface area contributed by atoms with Crippen molar-refractivity contribution in [1.29, 1.82) is 0 Å². The van der Waals surface area contributed by atoms with Gasteiger partial charge in [-0.2, -0.15) is 0 Å². The van der Waals surface area contributed by atoms with E-state index in [-0.39, 0.29) is 23.0 Å². The lowest BCUT2D eigenvalue weighted by molar-refractivity contribution is -0.125. The Balaban J connectivity index is 1.54. The van der Waals surface area contributed by atoms with Crippen molar-refractivity contribution in [2.75, 3.05) is 4.90 Å². The van der Waals surface area contributed by atoms with Crippen molar-refractivity contribution in [1.82, 2.24) is 4.98 Å². The summed E-state index contributed by atoms with van der Waals surface area (Å²) in [6.07, 6.45) is -0.678. The summed E-state index contributed by atoms with van der Waals surface area (Å²) in [5, 5.41) is 3.17. The van der Waals surface area contributed by atoms with Gasteiger partial charge in [0.1, 0.15) is 16.6 Å². The highest BCUT2D eigenvalue weighted by Crippen LogP contribution is 2.40. The first-order chi connectivity index (χ1) is 15.5. The molecular formula is C25H18ClFN2O2S. The number of nitrogens with zero attached hydrogens (tertiary/aromatic N) is 2. The van der Waals surface area contributed by atoms with Crippen molar-refractivity contribution in [2.45, 2.75) is 19.6 Å². The summed E-state index contributed by atoms with van der Waals surface area (Å²) in [5.41, 5.74) is 3.53. The molecular weight excluding hydrogens is 447 g/mol. The van der Waals surface area contributed by atoms with E-state index in [0.29, 0.717) is 11.4 Å². The van der Waals surface area contributed by atoms with Gasteiger partial charge in [0.25, 0.3) is 5.91 Å². The molecule has 1 unspecified atom stereocenters. The van der Waals surface area contributed by atoms with Gasteiger partial charge in [0.2, 0.25) is 0 Å². The van der Waals surface area contributed by atoms with Gasteiger partial charge in [-0.1, -0.05) is 48.0 Å². The minimum atomic E-state index is -0.678. The van der Waals surface area contributed by atoms with Crippen LogP contribution in [0.5, 0.6) is 5.75 Å². The Morgan fingerprint density at radius 3 is 2.69 bits per heavy atom. The van der Waals surface area contributed by atoms with Crippen LogP contribution in [0.1, 0.15) is 12.5 Å². The second kappa shape index (κ2) is 8.37. The lowest BCUT2D eigenvalue weighted by atomic mass is 10.1. The molecule has 32 heavy (non-hydrogen) atoms. The smallest absolute Gasteiger partial charge is 0.268 e. The molecule has 1 aliphatic heterocycles. The lowest BCUT2D eigenvalue weighted by Crippen LogP contribution is -2.44. The summed E-state index contributed by atoms with van der Waals surface area (Å²) < 4.78 is 20.3. The Hall–Kier alpha value is -3.22. The van der Waals surface area contributed by atoms with Crippen LogP contribution in [0.15, 0.2) is 72.1 Å². The zero-order valence-corrected chi connectivity index (χ0v) is 18.7. The van der Waals surface area contributed by atoms with Crippen LogP contribution < -0.4 is 9.64 Å². The number of halogens is 2. The van der Waals surface area contributed by atoms with E-state index in [9.17, 15) is 9.18 Å². The molecule has 0 aliphatic carbocycles. The molecule has 1 atom stereocenters. The molecule has 0 bridgehead atoms. The average Bonchev–Trinajstić information content (AvgIpc) is 3.29. The van der Waals surface area contributed by atoms with Crippen molar-refractivity contribution < 1.29 is 13.9 Å². The molecule has 1 aromatic heterocycles. The number of rotatable bonds is 4. The Bertz CT molecular complexity index is 1290. The quantitative estimate of drug-likeness (QED) is 0.342. The number of benzene rings is 3. The molecule has 0 N–H and O–H groups in total. The van der Waals surface area contributed by atoms with E-state index in [4.69, 9.17) is 21.3 Å². The van der Waals surface area contributed by atoms with Crippen molar-refractivity contribution in [2.24, 2.45) is 0 Å². The number of ether oxygens (including phenoxy) is 1. The molecule has 160 valence electrons. The topological polar surface area (TPSA) is 42.4 Å². The van der Waals surface area contributed by atoms with Crippen LogP contribution in [0.25, 0.3) is 21.8 Å². The first-order valence-electron chi connectivity index (χ1n) is 10.1. The van der Waals surface area contributed by atoms with E-state index in [0.717, 1.165) is 21.8 Å². The van der Waals surface area contributed by atoms with Crippen LogP contribution in [0, 0.1) is 5.82 Å². The number of fused-ring (bicyclic) bond motifs is 1. The third kappa shape index (κ3) is 3.76. The van der Waals surface area contributed by atoms with E-state index >= 15 is 0 Å². The number of amides is 1. The Morgan fingerprint density at radius 1 is 1.09 bits per heavy atom. The summed E-state index contributed by atoms with van der Waals surface area (Å²) in [7, 11) is 0. The van der Waals surface area contributed by atoms with Gasteiger partial charge in [-0.25, -0.2) is 9.37 Å². The molecule has 1 amide bonds. The van der Waals surface area contributed by atoms with Crippen LogP contribution in [-0.4, -0.2) is 17.0 Å². The summed E-state index contributed by atoms with van der Waals surface area (Å²) >= 11 is 7.78. The third-order valence-corrected chi connectivity index (χ3v) is 6.61. The van der Waals surface area contributed by atoms with Crippen LogP contribution in [0.3, 0.4) is 0 Å². The van der Waals surface area contributed by atoms with Crippen LogP contribution in [-0.2, 0) is 11.3 Å². The minimum Gasteiger partial charge on any atom is -0.479 e. The maximum Gasteiger partial charge on any atom is 0.268 e. The van der Waals surface area contributed by atoms with Crippen molar-refractivity contribution in [3.05, 3.63) is 88.5 Å². The highest BCUT2D eigenvalue weighted by molar-refractivity contribution is 7.13. The van der Waals surface area contributed by atoms with Gasteiger partial charge in [-0.3, -0.25) is 4.79 Å². The first-order valence-corrected chi connectivity index (χ1v) is 11.3. The zero-order chi connectivity index (χ0) is 22.2. The molecule has 0 spiro atoms. The molecule has 4 nitrogen and oxygen atoms in total. The predicted octanol–water partition coefficient (Wildman–Crippen LogP) is 6.58. The highest BCUT2D eigenvalue weighted by atomic mass is 35.5. The Kier molecular flexibility index (Phi) is 5.41. The van der Waals surface area contributed by atoms with Gasteiger partial charge in [0.05, 0.1) is 17.9 Å². The molecule has 5 rings (SSSR count). The van der Waals surface area contributed by atoms with Gasteiger partial charge in [-0.15, -0.1) is 11.3 Å². The molecule has 7 heteroatoms. The van der Waals surface area contributed by atoms with Crippen LogP contribution in [0.4, 0.5) is 10.1 Å². The maximum absolute atomic E-state index is 14.5. The molecule has 0 saturated carbocycles. The van der Waals surface area contributed by atoms with Crippen molar-refractivity contribution in [3.8, 4) is 27.6 Å². The average molecular weight is 465 g/mol. The van der Waals surface area contributed by atoms with E-state index in [2.05, 4.69) is 0 Å². The van der Waals surface area contributed by atoms with Gasteiger partial charge in [-0.05, 0) is 37.3 Å². The zero-order valence-electron chi connectivity index (χ0n) is 17.1. The SMILES string of the molecule is CC1Oc2ccc(-c3csc(-c4ccccc4)n3)cc2N(Cc2c(F)cccc2Cl)C1=O. The molecule has 3 aromatic carbocycles. The number of thiazole rings is 1. The highest BCUT2D eigenvalue weighted by Gasteiger charge is 2.33. The summed E-state index contributed by atoms with van der Waals surface area (Å²) in [5.74, 6) is -0.141. The summed E-state index contributed by atoms with van der Waals surface area (Å²) in [6, 6.07) is 20.1. The Labute approximate surface area is 193 Å². The monoisotopic (exact) mass is 464 g/mol. The third-order valence-electron chi connectivity index (χ3n) is 5.37. The van der Waals surface area contributed by atoms with E-state index in [1.54, 1.807) is 30.4 Å². The lowest BCUT2D eigenvalue weighted by Gasteiger charge is -2.33. The van der Waals surface area contributed by atoms with Gasteiger partial charge >= 0.3 is 0 Å². The van der Waals surface area contributed by atoms with Gasteiger partial charge in [0, 0.05) is 27.1 Å². The van der Waals surface area contributed by atoms with Crippen molar-refractivity contribution >= 4 is 34.5 Å². The molecule has 0 fully saturated rings.